The van der Waals surface area contributed by atoms with E-state index >= 15 is 0 Å². The highest BCUT2D eigenvalue weighted by Gasteiger charge is 2.14. The first kappa shape index (κ1) is 12.6. The summed E-state index contributed by atoms with van der Waals surface area (Å²) >= 11 is 0. The lowest BCUT2D eigenvalue weighted by Crippen LogP contribution is -2.39. The van der Waals surface area contributed by atoms with Crippen LogP contribution in [0.15, 0.2) is 18.2 Å². The van der Waals surface area contributed by atoms with Gasteiger partial charge < -0.3 is 11.1 Å². The molecule has 0 saturated carbocycles. The predicted molar refractivity (Wildman–Crippen MR) is 56.6 cm³/mol. The molecule has 0 aliphatic carbocycles. The van der Waals surface area contributed by atoms with Crippen LogP contribution in [0.5, 0.6) is 0 Å². The molecule has 16 heavy (non-hydrogen) atoms. The molecule has 3 N–H and O–H groups in total. The minimum atomic E-state index is -0.931. The number of carbonyl (C=O) groups excluding carboxylic acids is 1. The maximum Gasteiger partial charge on any atom is 0.237 e. The fourth-order valence-corrected chi connectivity index (χ4v) is 1.21. The van der Waals surface area contributed by atoms with Gasteiger partial charge in [0.1, 0.15) is 0 Å². The van der Waals surface area contributed by atoms with Crippen LogP contribution in [0.1, 0.15) is 25.5 Å². The summed E-state index contributed by atoms with van der Waals surface area (Å²) in [5.74, 6) is -2.17. The third-order valence-corrected chi connectivity index (χ3v) is 2.22. The first-order valence-corrected chi connectivity index (χ1v) is 4.92. The van der Waals surface area contributed by atoms with Gasteiger partial charge in [0.15, 0.2) is 11.6 Å². The fraction of sp³-hybridized carbons (Fsp3) is 0.364. The van der Waals surface area contributed by atoms with Crippen LogP contribution in [0.3, 0.4) is 0 Å². The van der Waals surface area contributed by atoms with E-state index in [-0.39, 0.29) is 5.91 Å². The van der Waals surface area contributed by atoms with Crippen LogP contribution in [-0.4, -0.2) is 11.9 Å². The molecule has 0 spiro atoms. The lowest BCUT2D eigenvalue weighted by atomic mass is 10.1. The van der Waals surface area contributed by atoms with Gasteiger partial charge in [0.25, 0.3) is 0 Å². The molecular weight excluding hydrogens is 214 g/mol. The van der Waals surface area contributed by atoms with E-state index in [0.717, 1.165) is 12.1 Å². The van der Waals surface area contributed by atoms with E-state index in [9.17, 15) is 13.6 Å². The highest BCUT2D eigenvalue weighted by atomic mass is 19.2. The third kappa shape index (κ3) is 3.00. The van der Waals surface area contributed by atoms with Crippen LogP contribution in [0.2, 0.25) is 0 Å². The standard InChI is InChI=1S/C11H14F2N2O/c1-6(14)11(16)15-7(2)8-3-4-9(12)10(13)5-8/h3-7H,14H2,1-2H3,(H,15,16)/t6-,7?/m1/s1. The van der Waals surface area contributed by atoms with Crippen molar-refractivity contribution < 1.29 is 13.6 Å². The van der Waals surface area contributed by atoms with Crippen LogP contribution in [0.4, 0.5) is 8.78 Å². The van der Waals surface area contributed by atoms with E-state index in [1.165, 1.54) is 6.07 Å². The van der Waals surface area contributed by atoms with E-state index < -0.39 is 23.7 Å². The van der Waals surface area contributed by atoms with E-state index in [2.05, 4.69) is 5.32 Å². The number of rotatable bonds is 3. The molecule has 2 atom stereocenters. The quantitative estimate of drug-likeness (QED) is 0.823. The summed E-state index contributed by atoms with van der Waals surface area (Å²) in [5, 5.41) is 2.59. The van der Waals surface area contributed by atoms with Gasteiger partial charge in [0.2, 0.25) is 5.91 Å². The Morgan fingerprint density at radius 1 is 1.31 bits per heavy atom. The number of nitrogens with two attached hydrogens (primary N) is 1. The fourth-order valence-electron chi connectivity index (χ4n) is 1.21. The number of amides is 1. The second kappa shape index (κ2) is 5.03. The summed E-state index contributed by atoms with van der Waals surface area (Å²) in [6.07, 6.45) is 0. The van der Waals surface area contributed by atoms with Crippen molar-refractivity contribution in [3.63, 3.8) is 0 Å². The Kier molecular flexibility index (Phi) is 3.95. The Balaban J connectivity index is 2.77. The molecule has 0 aliphatic heterocycles. The van der Waals surface area contributed by atoms with Crippen LogP contribution in [-0.2, 0) is 4.79 Å². The topological polar surface area (TPSA) is 55.1 Å². The van der Waals surface area contributed by atoms with Crippen molar-refractivity contribution in [2.45, 2.75) is 25.9 Å². The van der Waals surface area contributed by atoms with Gasteiger partial charge in [0, 0.05) is 0 Å². The van der Waals surface area contributed by atoms with Crippen molar-refractivity contribution in [1.29, 1.82) is 0 Å². The van der Waals surface area contributed by atoms with Crippen molar-refractivity contribution in [3.8, 4) is 0 Å². The van der Waals surface area contributed by atoms with E-state index in [0.29, 0.717) is 5.56 Å². The van der Waals surface area contributed by atoms with Gasteiger partial charge in [-0.2, -0.15) is 0 Å². The summed E-state index contributed by atoms with van der Waals surface area (Å²) in [6.45, 7) is 3.22. The Hall–Kier alpha value is -1.49. The van der Waals surface area contributed by atoms with Gasteiger partial charge in [-0.05, 0) is 31.5 Å². The first-order chi connectivity index (χ1) is 7.41. The van der Waals surface area contributed by atoms with E-state index in [1.807, 2.05) is 0 Å². The molecule has 88 valence electrons. The van der Waals surface area contributed by atoms with Crippen LogP contribution in [0, 0.1) is 11.6 Å². The molecule has 1 aromatic rings. The zero-order valence-electron chi connectivity index (χ0n) is 9.13. The smallest absolute Gasteiger partial charge is 0.237 e. The maximum atomic E-state index is 12.9. The summed E-state index contributed by atoms with van der Waals surface area (Å²) in [7, 11) is 0. The highest BCUT2D eigenvalue weighted by Crippen LogP contribution is 2.15. The Morgan fingerprint density at radius 3 is 2.44 bits per heavy atom. The molecule has 0 heterocycles. The molecule has 1 unspecified atom stereocenters. The number of hydrogen-bond acceptors (Lipinski definition) is 2. The molecule has 1 rings (SSSR count). The van der Waals surface area contributed by atoms with Crippen LogP contribution >= 0.6 is 0 Å². The molecule has 0 radical (unpaired) electrons. The third-order valence-electron chi connectivity index (χ3n) is 2.22. The van der Waals surface area contributed by atoms with Gasteiger partial charge in [-0.15, -0.1) is 0 Å². The number of benzene rings is 1. The minimum Gasteiger partial charge on any atom is -0.348 e. The second-order valence-electron chi connectivity index (χ2n) is 3.69. The number of halogens is 2. The van der Waals surface area contributed by atoms with E-state index in [4.69, 9.17) is 5.73 Å². The Morgan fingerprint density at radius 2 is 1.94 bits per heavy atom. The van der Waals surface area contributed by atoms with Crippen molar-refractivity contribution >= 4 is 5.91 Å². The summed E-state index contributed by atoms with van der Waals surface area (Å²) in [5.41, 5.74) is 5.86. The molecule has 0 saturated heterocycles. The lowest BCUT2D eigenvalue weighted by Gasteiger charge is -2.16. The minimum absolute atomic E-state index is 0.336. The van der Waals surface area contributed by atoms with Gasteiger partial charge in [-0.3, -0.25) is 4.79 Å². The predicted octanol–water partition coefficient (Wildman–Crippen LogP) is 1.49. The van der Waals surface area contributed by atoms with Gasteiger partial charge in [-0.25, -0.2) is 8.78 Å². The summed E-state index contributed by atoms with van der Waals surface area (Å²) < 4.78 is 25.6. The number of nitrogens with one attached hydrogen (secondary N) is 1. The largest absolute Gasteiger partial charge is 0.348 e. The van der Waals surface area contributed by atoms with Crippen LogP contribution in [0.25, 0.3) is 0 Å². The SMILES string of the molecule is CC(NC(=O)[C@@H](C)N)c1ccc(F)c(F)c1. The molecule has 3 nitrogen and oxygen atoms in total. The molecule has 0 bridgehead atoms. The van der Waals surface area contributed by atoms with Crippen molar-refractivity contribution in [2.24, 2.45) is 5.73 Å². The monoisotopic (exact) mass is 228 g/mol. The van der Waals surface area contributed by atoms with Gasteiger partial charge >= 0.3 is 0 Å². The first-order valence-electron chi connectivity index (χ1n) is 4.92. The number of hydrogen-bond donors (Lipinski definition) is 2. The normalized spacial score (nSPS) is 14.3. The highest BCUT2D eigenvalue weighted by molar-refractivity contribution is 5.81. The second-order valence-corrected chi connectivity index (χ2v) is 3.69. The summed E-state index contributed by atoms with van der Waals surface area (Å²) in [4.78, 5) is 11.3. The van der Waals surface area contributed by atoms with Gasteiger partial charge in [-0.1, -0.05) is 6.07 Å². The molecule has 0 aliphatic rings. The van der Waals surface area contributed by atoms with Crippen LogP contribution < -0.4 is 11.1 Å². The Bertz CT molecular complexity index is 394. The molecule has 0 fully saturated rings. The molecule has 0 aromatic heterocycles. The average molecular weight is 228 g/mol. The maximum absolute atomic E-state index is 12.9. The molecule has 5 heteroatoms. The molecule has 1 amide bonds. The molecule has 1 aromatic carbocycles. The lowest BCUT2D eigenvalue weighted by molar-refractivity contribution is -0.122. The number of carbonyl (C=O) groups is 1. The van der Waals surface area contributed by atoms with Crippen molar-refractivity contribution in [1.82, 2.24) is 5.32 Å². The van der Waals surface area contributed by atoms with Crippen molar-refractivity contribution in [3.05, 3.63) is 35.4 Å². The van der Waals surface area contributed by atoms with E-state index in [1.54, 1.807) is 13.8 Å². The Labute approximate surface area is 92.6 Å². The van der Waals surface area contributed by atoms with Gasteiger partial charge in [0.05, 0.1) is 12.1 Å². The molecular formula is C11H14F2N2O. The van der Waals surface area contributed by atoms with Crippen molar-refractivity contribution in [2.75, 3.05) is 0 Å². The zero-order chi connectivity index (χ0) is 12.3. The summed E-state index contributed by atoms with van der Waals surface area (Å²) in [6, 6.07) is 2.46. The average Bonchev–Trinajstić information content (AvgIpc) is 2.21. The zero-order valence-corrected chi connectivity index (χ0v) is 9.13.